The smallest absolute Gasteiger partial charge is 0.187 e. The first-order valence-corrected chi connectivity index (χ1v) is 6.67. The SMILES string of the molecule is Oc1cccc2cccnc12.[AlH3].c1ccc2ncccc2c1. The summed E-state index contributed by atoms with van der Waals surface area (Å²) in [5, 5.41) is 11.5. The van der Waals surface area contributed by atoms with Crippen molar-refractivity contribution < 1.29 is 5.11 Å². The van der Waals surface area contributed by atoms with Gasteiger partial charge in [-0.05, 0) is 24.3 Å². The molecule has 0 radical (unpaired) electrons. The van der Waals surface area contributed by atoms with Crippen LogP contribution in [0.5, 0.6) is 5.75 Å². The van der Waals surface area contributed by atoms with Crippen molar-refractivity contribution >= 4 is 39.2 Å². The number of para-hydroxylation sites is 2. The van der Waals surface area contributed by atoms with Crippen LogP contribution in [0.4, 0.5) is 0 Å². The highest BCUT2D eigenvalue weighted by Crippen LogP contribution is 2.20. The molecule has 0 amide bonds. The molecule has 4 rings (SSSR count). The topological polar surface area (TPSA) is 46.0 Å². The Balaban J connectivity index is 0.000000154. The zero-order chi connectivity index (χ0) is 14.5. The maximum Gasteiger partial charge on any atom is 0.187 e. The number of hydrogen-bond donors (Lipinski definition) is 1. The molecule has 2 aromatic carbocycles. The lowest BCUT2D eigenvalue weighted by Gasteiger charge is -1.96. The minimum atomic E-state index is 0. The van der Waals surface area contributed by atoms with Gasteiger partial charge >= 0.3 is 0 Å². The summed E-state index contributed by atoms with van der Waals surface area (Å²) in [6, 6.07) is 21.2. The molecule has 22 heavy (non-hydrogen) atoms. The quantitative estimate of drug-likeness (QED) is 0.508. The number of fused-ring (bicyclic) bond motifs is 2. The molecule has 0 aliphatic carbocycles. The van der Waals surface area contributed by atoms with Gasteiger partial charge < -0.3 is 5.11 Å². The summed E-state index contributed by atoms with van der Waals surface area (Å²) in [4.78, 5) is 8.21. The van der Waals surface area contributed by atoms with Gasteiger partial charge in [-0.15, -0.1) is 0 Å². The average Bonchev–Trinajstić information content (AvgIpc) is 2.56. The highest BCUT2D eigenvalue weighted by molar-refractivity contribution is 5.83. The number of aromatic nitrogens is 2. The number of aromatic hydroxyl groups is 1. The molecule has 0 unspecified atom stereocenters. The second-order valence-corrected chi connectivity index (χ2v) is 4.55. The molecule has 2 aromatic heterocycles. The molecule has 2 heterocycles. The van der Waals surface area contributed by atoms with Crippen LogP contribution in [-0.2, 0) is 0 Å². The van der Waals surface area contributed by atoms with Gasteiger partial charge in [-0.2, -0.15) is 0 Å². The number of pyridine rings is 2. The first-order valence-electron chi connectivity index (χ1n) is 6.67. The van der Waals surface area contributed by atoms with E-state index in [9.17, 15) is 5.11 Å². The Morgan fingerprint density at radius 1 is 0.636 bits per heavy atom. The number of hydrogen-bond acceptors (Lipinski definition) is 3. The number of phenolic OH excluding ortho intramolecular Hbond substituents is 1. The Bertz CT molecular complexity index is 810. The summed E-state index contributed by atoms with van der Waals surface area (Å²) in [6.07, 6.45) is 3.48. The molecule has 108 valence electrons. The van der Waals surface area contributed by atoms with Crippen LogP contribution in [0.1, 0.15) is 0 Å². The monoisotopic (exact) mass is 304 g/mol. The van der Waals surface area contributed by atoms with Gasteiger partial charge in [0.15, 0.2) is 17.4 Å². The lowest BCUT2D eigenvalue weighted by Crippen LogP contribution is -1.76. The van der Waals surface area contributed by atoms with E-state index in [0.717, 1.165) is 10.9 Å². The molecule has 0 saturated carbocycles. The third-order valence-corrected chi connectivity index (χ3v) is 3.12. The third kappa shape index (κ3) is 3.62. The van der Waals surface area contributed by atoms with Crippen molar-refractivity contribution in [2.75, 3.05) is 0 Å². The molecule has 3 nitrogen and oxygen atoms in total. The zero-order valence-electron chi connectivity index (χ0n) is 11.3. The van der Waals surface area contributed by atoms with Crippen molar-refractivity contribution in [2.45, 2.75) is 0 Å². The van der Waals surface area contributed by atoms with Crippen molar-refractivity contribution in [3.8, 4) is 5.75 Å². The number of phenols is 1. The molecule has 0 spiro atoms. The molecular formula is C18H17AlN2O. The van der Waals surface area contributed by atoms with Crippen LogP contribution in [0.2, 0.25) is 0 Å². The molecule has 0 atom stereocenters. The van der Waals surface area contributed by atoms with Crippen LogP contribution in [0.15, 0.2) is 79.1 Å². The summed E-state index contributed by atoms with van der Waals surface area (Å²) in [5.74, 6) is 0.239. The Morgan fingerprint density at radius 3 is 2.05 bits per heavy atom. The van der Waals surface area contributed by atoms with Crippen LogP contribution in [0.25, 0.3) is 21.8 Å². The molecule has 0 aliphatic rings. The van der Waals surface area contributed by atoms with Crippen LogP contribution >= 0.6 is 0 Å². The fraction of sp³-hybridized carbons (Fsp3) is 0. The van der Waals surface area contributed by atoms with E-state index in [4.69, 9.17) is 0 Å². The van der Waals surface area contributed by atoms with Gasteiger partial charge in [-0.25, -0.2) is 0 Å². The third-order valence-electron chi connectivity index (χ3n) is 3.12. The molecule has 1 N–H and O–H groups in total. The summed E-state index contributed by atoms with van der Waals surface area (Å²) in [5.41, 5.74) is 1.72. The maximum absolute atomic E-state index is 9.31. The number of benzene rings is 2. The Labute approximate surface area is 139 Å². The predicted molar refractivity (Wildman–Crippen MR) is 95.1 cm³/mol. The number of rotatable bonds is 0. The first kappa shape index (κ1) is 16.0. The fourth-order valence-corrected chi connectivity index (χ4v) is 2.10. The largest absolute Gasteiger partial charge is 0.506 e. The van der Waals surface area contributed by atoms with Crippen molar-refractivity contribution in [1.82, 2.24) is 9.97 Å². The summed E-state index contributed by atoms with van der Waals surface area (Å²) in [7, 11) is 0. The summed E-state index contributed by atoms with van der Waals surface area (Å²) < 4.78 is 0. The van der Waals surface area contributed by atoms with E-state index in [2.05, 4.69) is 22.1 Å². The molecule has 0 fully saturated rings. The first-order chi connectivity index (χ1) is 10.3. The Hall–Kier alpha value is -2.41. The number of nitrogens with zero attached hydrogens (tertiary/aromatic N) is 2. The van der Waals surface area contributed by atoms with E-state index < -0.39 is 0 Å². The second kappa shape index (κ2) is 7.56. The fourth-order valence-electron chi connectivity index (χ4n) is 2.10. The summed E-state index contributed by atoms with van der Waals surface area (Å²) in [6.45, 7) is 0. The Kier molecular flexibility index (Phi) is 5.49. The van der Waals surface area contributed by atoms with Crippen LogP contribution in [-0.4, -0.2) is 32.4 Å². The minimum Gasteiger partial charge on any atom is -0.506 e. The normalized spacial score (nSPS) is 9.64. The van der Waals surface area contributed by atoms with Crippen LogP contribution in [0.3, 0.4) is 0 Å². The molecule has 0 aliphatic heterocycles. The van der Waals surface area contributed by atoms with Gasteiger partial charge in [0.05, 0.1) is 5.52 Å². The highest BCUT2D eigenvalue weighted by Gasteiger charge is 1.96. The lowest BCUT2D eigenvalue weighted by molar-refractivity contribution is 0.480. The van der Waals surface area contributed by atoms with E-state index in [-0.39, 0.29) is 23.1 Å². The van der Waals surface area contributed by atoms with Crippen molar-refractivity contribution in [3.63, 3.8) is 0 Å². The van der Waals surface area contributed by atoms with E-state index in [1.54, 1.807) is 18.3 Å². The standard InChI is InChI=1S/C9H7NO.C9H7N.Al.3H/c11-8-5-1-3-7-4-2-6-10-9(7)8;1-2-6-9-8(4-1)5-3-7-10-9;;;;/h1-6,11H;1-7H;;;;. The van der Waals surface area contributed by atoms with Crippen LogP contribution in [0, 0.1) is 0 Å². The molecule has 0 saturated heterocycles. The van der Waals surface area contributed by atoms with Crippen molar-refractivity contribution in [1.29, 1.82) is 0 Å². The van der Waals surface area contributed by atoms with Gasteiger partial charge in [-0.1, -0.05) is 42.5 Å². The summed E-state index contributed by atoms with van der Waals surface area (Å²) >= 11 is 0. The molecule has 0 bridgehead atoms. The van der Waals surface area contributed by atoms with Gasteiger partial charge in [-0.3, -0.25) is 9.97 Å². The van der Waals surface area contributed by atoms with Crippen LogP contribution < -0.4 is 0 Å². The average molecular weight is 304 g/mol. The van der Waals surface area contributed by atoms with E-state index in [0.29, 0.717) is 5.52 Å². The highest BCUT2D eigenvalue weighted by atomic mass is 27.0. The predicted octanol–water partition coefficient (Wildman–Crippen LogP) is 2.99. The Morgan fingerprint density at radius 2 is 1.27 bits per heavy atom. The van der Waals surface area contributed by atoms with E-state index >= 15 is 0 Å². The van der Waals surface area contributed by atoms with E-state index in [1.807, 2.05) is 48.7 Å². The van der Waals surface area contributed by atoms with Crippen molar-refractivity contribution in [3.05, 3.63) is 79.1 Å². The maximum atomic E-state index is 9.31. The van der Waals surface area contributed by atoms with Gasteiger partial charge in [0, 0.05) is 23.2 Å². The van der Waals surface area contributed by atoms with Gasteiger partial charge in [0.2, 0.25) is 0 Å². The van der Waals surface area contributed by atoms with E-state index in [1.165, 1.54) is 5.39 Å². The van der Waals surface area contributed by atoms with Gasteiger partial charge in [0.1, 0.15) is 11.3 Å². The minimum absolute atomic E-state index is 0. The molecular weight excluding hydrogens is 287 g/mol. The van der Waals surface area contributed by atoms with Crippen molar-refractivity contribution in [2.24, 2.45) is 0 Å². The van der Waals surface area contributed by atoms with Gasteiger partial charge in [0.25, 0.3) is 0 Å². The zero-order valence-corrected chi connectivity index (χ0v) is 11.3. The molecule has 4 aromatic rings. The molecule has 4 heteroatoms. The lowest BCUT2D eigenvalue weighted by atomic mass is 10.2. The second-order valence-electron chi connectivity index (χ2n) is 4.55.